The fraction of sp³-hybridized carbons (Fsp3) is 0.462. The lowest BCUT2D eigenvalue weighted by molar-refractivity contribution is -0.143. The molecule has 4 heteroatoms. The third-order valence-corrected chi connectivity index (χ3v) is 2.92. The van der Waals surface area contributed by atoms with E-state index in [4.69, 9.17) is 4.74 Å². The Balaban J connectivity index is 3.02. The number of carbonyl (C=O) groups is 1. The van der Waals surface area contributed by atoms with Gasteiger partial charge in [0.05, 0.1) is 6.61 Å². The zero-order valence-electron chi connectivity index (χ0n) is 10.7. The molecule has 0 heterocycles. The van der Waals surface area contributed by atoms with Crippen LogP contribution < -0.4 is 5.32 Å². The minimum Gasteiger partial charge on any atom is -0.479 e. The topological polar surface area (TPSA) is 58.6 Å². The van der Waals surface area contributed by atoms with Crippen molar-refractivity contribution in [2.24, 2.45) is 0 Å². The molecule has 0 aliphatic heterocycles. The Bertz CT molecular complexity index is 417. The number of aryl methyl sites for hydroxylation is 1. The molecule has 17 heavy (non-hydrogen) atoms. The molecule has 0 bridgehead atoms. The maximum atomic E-state index is 11.3. The lowest BCUT2D eigenvalue weighted by Gasteiger charge is -2.27. The van der Waals surface area contributed by atoms with Gasteiger partial charge in [-0.1, -0.05) is 12.1 Å². The number of carboxylic acids is 1. The first-order valence-corrected chi connectivity index (χ1v) is 5.47. The monoisotopic (exact) mass is 237 g/mol. The van der Waals surface area contributed by atoms with Gasteiger partial charge in [-0.05, 0) is 38.0 Å². The zero-order chi connectivity index (χ0) is 13.1. The van der Waals surface area contributed by atoms with Gasteiger partial charge in [-0.2, -0.15) is 0 Å². The molecule has 4 nitrogen and oxygen atoms in total. The number of carboxylic acid groups (broad SMARTS) is 1. The summed E-state index contributed by atoms with van der Waals surface area (Å²) in [6.45, 7) is 5.68. The van der Waals surface area contributed by atoms with Crippen molar-refractivity contribution in [3.05, 3.63) is 29.3 Å². The van der Waals surface area contributed by atoms with Crippen molar-refractivity contribution >= 4 is 11.7 Å². The number of methoxy groups -OCH3 is 1. The first-order chi connectivity index (χ1) is 7.90. The summed E-state index contributed by atoms with van der Waals surface area (Å²) < 4.78 is 4.97. The summed E-state index contributed by atoms with van der Waals surface area (Å²) >= 11 is 0. The molecule has 1 unspecified atom stereocenters. The van der Waals surface area contributed by atoms with E-state index in [0.29, 0.717) is 0 Å². The Kier molecular flexibility index (Phi) is 4.12. The molecule has 0 amide bonds. The maximum Gasteiger partial charge on any atom is 0.331 e. The number of nitrogens with one attached hydrogen (secondary N) is 1. The standard InChI is InChI=1S/C13H19NO3/c1-9-6-5-7-11(10(9)2)14-13(3,8-17-4)12(15)16/h5-7,14H,8H2,1-4H3,(H,15,16). The number of aliphatic carboxylic acids is 1. The molecule has 0 aliphatic carbocycles. The van der Waals surface area contributed by atoms with E-state index < -0.39 is 11.5 Å². The summed E-state index contributed by atoms with van der Waals surface area (Å²) in [4.78, 5) is 11.3. The number of rotatable bonds is 5. The smallest absolute Gasteiger partial charge is 0.331 e. The van der Waals surface area contributed by atoms with E-state index in [1.165, 1.54) is 7.11 Å². The van der Waals surface area contributed by atoms with Gasteiger partial charge in [0.1, 0.15) is 0 Å². The minimum absolute atomic E-state index is 0.107. The van der Waals surface area contributed by atoms with Crippen molar-refractivity contribution in [3.8, 4) is 0 Å². The summed E-state index contributed by atoms with van der Waals surface area (Å²) in [5.41, 5.74) is 1.89. The Morgan fingerprint density at radius 1 is 1.47 bits per heavy atom. The average Bonchev–Trinajstić information content (AvgIpc) is 2.25. The number of benzene rings is 1. The molecule has 0 aromatic heterocycles. The van der Waals surface area contributed by atoms with Crippen LogP contribution in [-0.4, -0.2) is 30.3 Å². The molecule has 0 saturated carbocycles. The summed E-state index contributed by atoms with van der Waals surface area (Å²) in [7, 11) is 1.49. The first-order valence-electron chi connectivity index (χ1n) is 5.47. The van der Waals surface area contributed by atoms with Gasteiger partial charge in [0, 0.05) is 12.8 Å². The van der Waals surface area contributed by atoms with Gasteiger partial charge in [-0.15, -0.1) is 0 Å². The van der Waals surface area contributed by atoms with Crippen LogP contribution in [0.2, 0.25) is 0 Å². The van der Waals surface area contributed by atoms with E-state index >= 15 is 0 Å². The van der Waals surface area contributed by atoms with Gasteiger partial charge in [-0.3, -0.25) is 0 Å². The van der Waals surface area contributed by atoms with Crippen molar-refractivity contribution in [1.82, 2.24) is 0 Å². The van der Waals surface area contributed by atoms with Crippen molar-refractivity contribution < 1.29 is 14.6 Å². The SMILES string of the molecule is COCC(C)(Nc1cccc(C)c1C)C(=O)O. The lowest BCUT2D eigenvalue weighted by Crippen LogP contribution is -2.47. The Morgan fingerprint density at radius 2 is 2.12 bits per heavy atom. The minimum atomic E-state index is -1.12. The molecule has 1 rings (SSSR count). The fourth-order valence-electron chi connectivity index (χ4n) is 1.62. The second-order valence-electron chi connectivity index (χ2n) is 4.44. The molecule has 0 radical (unpaired) electrons. The van der Waals surface area contributed by atoms with Crippen LogP contribution in [0.5, 0.6) is 0 Å². The molecule has 1 atom stereocenters. The summed E-state index contributed by atoms with van der Waals surface area (Å²) in [5, 5.41) is 12.3. The van der Waals surface area contributed by atoms with Gasteiger partial charge < -0.3 is 15.2 Å². The summed E-state index contributed by atoms with van der Waals surface area (Å²) in [6.07, 6.45) is 0. The van der Waals surface area contributed by atoms with E-state index in [-0.39, 0.29) is 6.61 Å². The predicted molar refractivity (Wildman–Crippen MR) is 67.5 cm³/mol. The second-order valence-corrected chi connectivity index (χ2v) is 4.44. The lowest BCUT2D eigenvalue weighted by atomic mass is 10.0. The van der Waals surface area contributed by atoms with Crippen molar-refractivity contribution in [3.63, 3.8) is 0 Å². The average molecular weight is 237 g/mol. The highest BCUT2D eigenvalue weighted by atomic mass is 16.5. The third-order valence-electron chi connectivity index (χ3n) is 2.92. The van der Waals surface area contributed by atoms with Gasteiger partial charge >= 0.3 is 5.97 Å². The van der Waals surface area contributed by atoms with Crippen LogP contribution in [0.15, 0.2) is 18.2 Å². The molecule has 0 saturated heterocycles. The summed E-state index contributed by atoms with van der Waals surface area (Å²) in [6, 6.07) is 5.77. The van der Waals surface area contributed by atoms with Crippen molar-refractivity contribution in [1.29, 1.82) is 0 Å². The number of anilines is 1. The molecule has 2 N–H and O–H groups in total. The molecular weight excluding hydrogens is 218 g/mol. The largest absolute Gasteiger partial charge is 0.479 e. The second kappa shape index (κ2) is 5.19. The van der Waals surface area contributed by atoms with E-state index in [1.807, 2.05) is 32.0 Å². The van der Waals surface area contributed by atoms with Crippen LogP contribution in [-0.2, 0) is 9.53 Å². The zero-order valence-corrected chi connectivity index (χ0v) is 10.7. The maximum absolute atomic E-state index is 11.3. The number of ether oxygens (including phenoxy) is 1. The Labute approximate surface area is 102 Å². The van der Waals surface area contributed by atoms with Gasteiger partial charge in [0.2, 0.25) is 0 Å². The summed E-state index contributed by atoms with van der Waals surface area (Å²) in [5.74, 6) is -0.930. The predicted octanol–water partition coefficient (Wildman–Crippen LogP) is 2.21. The van der Waals surface area contributed by atoms with Crippen LogP contribution >= 0.6 is 0 Å². The van der Waals surface area contributed by atoms with E-state index in [0.717, 1.165) is 16.8 Å². The van der Waals surface area contributed by atoms with Crippen LogP contribution in [0.3, 0.4) is 0 Å². The normalized spacial score (nSPS) is 14.1. The van der Waals surface area contributed by atoms with Crippen molar-refractivity contribution in [2.75, 3.05) is 19.0 Å². The molecule has 0 aliphatic rings. The molecular formula is C13H19NO3. The van der Waals surface area contributed by atoms with E-state index in [9.17, 15) is 9.90 Å². The van der Waals surface area contributed by atoms with Gasteiger partial charge in [0.15, 0.2) is 5.54 Å². The first kappa shape index (κ1) is 13.5. The highest BCUT2D eigenvalue weighted by molar-refractivity contribution is 5.83. The molecule has 0 fully saturated rings. The van der Waals surface area contributed by atoms with Crippen LogP contribution in [0.1, 0.15) is 18.1 Å². The van der Waals surface area contributed by atoms with Crippen molar-refractivity contribution in [2.45, 2.75) is 26.3 Å². The van der Waals surface area contributed by atoms with E-state index in [1.54, 1.807) is 6.92 Å². The van der Waals surface area contributed by atoms with E-state index in [2.05, 4.69) is 5.32 Å². The van der Waals surface area contributed by atoms with Crippen LogP contribution in [0.4, 0.5) is 5.69 Å². The number of hydrogen-bond donors (Lipinski definition) is 2. The number of hydrogen-bond acceptors (Lipinski definition) is 3. The van der Waals surface area contributed by atoms with Crippen LogP contribution in [0, 0.1) is 13.8 Å². The quantitative estimate of drug-likeness (QED) is 0.824. The van der Waals surface area contributed by atoms with Gasteiger partial charge in [-0.25, -0.2) is 4.79 Å². The highest BCUT2D eigenvalue weighted by Crippen LogP contribution is 2.22. The highest BCUT2D eigenvalue weighted by Gasteiger charge is 2.33. The fourth-order valence-corrected chi connectivity index (χ4v) is 1.62. The molecule has 1 aromatic carbocycles. The third kappa shape index (κ3) is 2.97. The van der Waals surface area contributed by atoms with Crippen LogP contribution in [0.25, 0.3) is 0 Å². The Hall–Kier alpha value is -1.55. The Morgan fingerprint density at radius 3 is 2.65 bits per heavy atom. The molecule has 94 valence electrons. The van der Waals surface area contributed by atoms with Gasteiger partial charge in [0.25, 0.3) is 0 Å². The molecule has 0 spiro atoms. The molecule has 1 aromatic rings.